The lowest BCUT2D eigenvalue weighted by molar-refractivity contribution is -0.118. The zero-order valence-electron chi connectivity index (χ0n) is 36.5. The van der Waals surface area contributed by atoms with Gasteiger partial charge in [0.25, 0.3) is 5.91 Å². The summed E-state index contributed by atoms with van der Waals surface area (Å²) < 4.78 is 5.78. The monoisotopic (exact) mass is 863 g/mol. The van der Waals surface area contributed by atoms with Gasteiger partial charge in [-0.1, -0.05) is 85.8 Å². The molecule has 7 rings (SSSR count). The quantitative estimate of drug-likeness (QED) is 0.0609. The molecule has 5 N–H and O–H groups in total. The topological polar surface area (TPSA) is 164 Å². The van der Waals surface area contributed by atoms with Crippen LogP contribution in [-0.2, 0) is 22.4 Å². The number of carbonyl (C=O) groups excluding carboxylic acids is 3. The molecule has 64 heavy (non-hydrogen) atoms. The molecule has 1 aliphatic heterocycles. The predicted octanol–water partition coefficient (Wildman–Crippen LogP) is 8.63. The van der Waals surface area contributed by atoms with Crippen molar-refractivity contribution < 1.29 is 29.3 Å². The van der Waals surface area contributed by atoms with Gasteiger partial charge in [0, 0.05) is 67.9 Å². The lowest BCUT2D eigenvalue weighted by Crippen LogP contribution is -2.40. The van der Waals surface area contributed by atoms with Crippen LogP contribution in [0.15, 0.2) is 132 Å². The average molecular weight is 864 g/mol. The molecule has 6 aromatic rings. The van der Waals surface area contributed by atoms with Gasteiger partial charge in [0.1, 0.15) is 11.9 Å². The molecule has 1 aromatic heterocycles. The second kappa shape index (κ2) is 21.5. The molecule has 0 bridgehead atoms. The second-order valence-corrected chi connectivity index (χ2v) is 16.7. The van der Waals surface area contributed by atoms with Crippen LogP contribution in [0.4, 0.5) is 16.2 Å². The number of nitrogens with zero attached hydrogens (tertiary/aromatic N) is 2. The van der Waals surface area contributed by atoms with Gasteiger partial charge in [-0.25, -0.2) is 4.79 Å². The van der Waals surface area contributed by atoms with Crippen molar-refractivity contribution in [1.29, 1.82) is 0 Å². The fourth-order valence-electron chi connectivity index (χ4n) is 8.32. The first-order valence-corrected chi connectivity index (χ1v) is 22.1. The number of H-pyrrole nitrogens is 1. The first-order chi connectivity index (χ1) is 31.0. The van der Waals surface area contributed by atoms with E-state index in [2.05, 4.69) is 51.7 Å². The highest BCUT2D eigenvalue weighted by molar-refractivity contribution is 5.96. The van der Waals surface area contributed by atoms with Crippen molar-refractivity contribution in [3.05, 3.63) is 160 Å². The number of piperidine rings is 1. The number of ether oxygens (including phenoxy) is 1. The minimum Gasteiger partial charge on any atom is -0.506 e. The number of likely N-dealkylation sites (tertiary alicyclic amines) is 1. The maximum absolute atomic E-state index is 13.1. The minimum absolute atomic E-state index is 0.0221. The number of nitrogens with one attached hydrogen (secondary N) is 3. The van der Waals surface area contributed by atoms with E-state index in [1.165, 1.54) is 17.7 Å². The van der Waals surface area contributed by atoms with Crippen LogP contribution in [0.3, 0.4) is 0 Å². The number of carbonyl (C=O) groups is 3. The summed E-state index contributed by atoms with van der Waals surface area (Å²) in [4.78, 5) is 57.2. The Bertz CT molecular complexity index is 2570. The molecule has 2 atom stereocenters. The van der Waals surface area contributed by atoms with E-state index in [0.717, 1.165) is 42.6 Å². The van der Waals surface area contributed by atoms with Crippen LogP contribution < -0.4 is 21.1 Å². The highest BCUT2D eigenvalue weighted by Crippen LogP contribution is 2.32. The lowest BCUT2D eigenvalue weighted by Gasteiger charge is -2.31. The maximum Gasteiger partial charge on any atom is 0.411 e. The molecule has 12 nitrogen and oxygen atoms in total. The van der Waals surface area contributed by atoms with E-state index in [4.69, 9.17) is 4.74 Å². The first-order valence-electron chi connectivity index (χ1n) is 22.1. The summed E-state index contributed by atoms with van der Waals surface area (Å²) in [5.41, 5.74) is 6.89. The Morgan fingerprint density at radius 2 is 1.55 bits per heavy atom. The predicted molar refractivity (Wildman–Crippen MR) is 252 cm³/mol. The normalized spacial score (nSPS) is 14.1. The van der Waals surface area contributed by atoms with Crippen LogP contribution >= 0.6 is 0 Å². The van der Waals surface area contributed by atoms with Gasteiger partial charge >= 0.3 is 6.09 Å². The lowest BCUT2D eigenvalue weighted by atomic mass is 9.92. The third kappa shape index (κ3) is 12.0. The van der Waals surface area contributed by atoms with Crippen molar-refractivity contribution in [2.45, 2.75) is 64.1 Å². The van der Waals surface area contributed by atoms with E-state index >= 15 is 0 Å². The van der Waals surface area contributed by atoms with Gasteiger partial charge in [-0.3, -0.25) is 19.7 Å². The fraction of sp³-hybridized carbons (Fsp3) is 0.308. The summed E-state index contributed by atoms with van der Waals surface area (Å²) in [5, 5.41) is 27.7. The number of aromatic nitrogens is 1. The third-order valence-corrected chi connectivity index (χ3v) is 12.1. The van der Waals surface area contributed by atoms with Gasteiger partial charge in [0.15, 0.2) is 0 Å². The number of phenols is 1. The largest absolute Gasteiger partial charge is 0.506 e. The number of aromatic hydroxyl groups is 1. The number of benzene rings is 5. The molecule has 12 heteroatoms. The summed E-state index contributed by atoms with van der Waals surface area (Å²) in [7, 11) is 1.75. The summed E-state index contributed by atoms with van der Waals surface area (Å²) in [6.07, 6.45) is 3.21. The van der Waals surface area contributed by atoms with E-state index < -0.39 is 12.2 Å². The molecule has 1 fully saturated rings. The number of aliphatic hydroxyl groups excluding tert-OH is 1. The van der Waals surface area contributed by atoms with E-state index in [-0.39, 0.29) is 29.2 Å². The molecule has 332 valence electrons. The van der Waals surface area contributed by atoms with Crippen LogP contribution in [0.5, 0.6) is 5.75 Å². The second-order valence-electron chi connectivity index (χ2n) is 16.7. The van der Waals surface area contributed by atoms with Crippen LogP contribution in [0, 0.1) is 5.92 Å². The zero-order chi connectivity index (χ0) is 45.0. The van der Waals surface area contributed by atoms with E-state index in [1.54, 1.807) is 48.3 Å². The standard InChI is InChI=1S/C52H57N5O7/c1-35(12-23-46(58)43-21-24-47(59)50-44(43)22-25-48(60)55-50)34-37-15-13-36(14-16-37)26-30-53-51(62)39-17-19-40(20-18-39)56(2)49(61)29-33-57-31-27-41(28-32-57)64-52(63)54-45-11-7-6-10-42(45)38-8-4-3-5-9-38/h3-11,13-22,24-25,35,41,46,58-59H,12,23,26-34H2,1-2H3,(H,53,62)(H,54,63)(H,55,60)/t35-,46-/m0/s1. The SMILES string of the molecule is C[C@@H](CC[C@H](O)c1ccc(O)c2[nH]c(=O)ccc12)Cc1ccc(CCNC(=O)c2ccc(N(C)C(=O)CCN3CCC(OC(=O)Nc4ccccc4-c4ccccc4)CC3)cc2)cc1. The zero-order valence-corrected chi connectivity index (χ0v) is 36.5. The van der Waals surface area contributed by atoms with Crippen molar-refractivity contribution in [2.24, 2.45) is 5.92 Å². The minimum atomic E-state index is -0.726. The number of fused-ring (bicyclic) bond motifs is 1. The Hall–Kier alpha value is -6.76. The van der Waals surface area contributed by atoms with Crippen molar-refractivity contribution >= 4 is 40.2 Å². The van der Waals surface area contributed by atoms with E-state index in [0.29, 0.717) is 84.5 Å². The summed E-state index contributed by atoms with van der Waals surface area (Å²) in [6, 6.07) is 39.2. The third-order valence-electron chi connectivity index (χ3n) is 12.1. The average Bonchev–Trinajstić information content (AvgIpc) is 3.31. The van der Waals surface area contributed by atoms with Crippen LogP contribution in [0.2, 0.25) is 0 Å². The van der Waals surface area contributed by atoms with Crippen LogP contribution in [0.25, 0.3) is 22.0 Å². The van der Waals surface area contributed by atoms with E-state index in [1.807, 2.05) is 54.6 Å². The summed E-state index contributed by atoms with van der Waals surface area (Å²) >= 11 is 0. The van der Waals surface area contributed by atoms with Crippen molar-refractivity contribution in [2.75, 3.05) is 43.4 Å². The van der Waals surface area contributed by atoms with Gasteiger partial charge in [-0.15, -0.1) is 0 Å². The van der Waals surface area contributed by atoms with Crippen LogP contribution in [-0.4, -0.2) is 77.3 Å². The molecule has 5 aromatic carbocycles. The van der Waals surface area contributed by atoms with Gasteiger partial charge in [0.2, 0.25) is 11.5 Å². The number of hydrogen-bond acceptors (Lipinski definition) is 8. The number of hydrogen-bond donors (Lipinski definition) is 5. The van der Waals surface area contributed by atoms with Crippen molar-refractivity contribution in [3.63, 3.8) is 0 Å². The smallest absolute Gasteiger partial charge is 0.411 e. The molecule has 0 unspecified atom stereocenters. The fourth-order valence-corrected chi connectivity index (χ4v) is 8.32. The molecule has 0 aliphatic carbocycles. The molecule has 3 amide bonds. The van der Waals surface area contributed by atoms with Crippen molar-refractivity contribution in [1.82, 2.24) is 15.2 Å². The Balaban J connectivity index is 0.776. The molecule has 1 aliphatic rings. The maximum atomic E-state index is 13.1. The number of aromatic amines is 1. The molecule has 0 radical (unpaired) electrons. The Kier molecular flexibility index (Phi) is 15.2. The molecular formula is C52H57N5O7. The van der Waals surface area contributed by atoms with Gasteiger partial charge in [-0.05, 0) is 109 Å². The molecular weight excluding hydrogens is 807 g/mol. The highest BCUT2D eigenvalue weighted by atomic mass is 16.6. The number of para-hydroxylation sites is 1. The Morgan fingerprint density at radius 1 is 0.844 bits per heavy atom. The number of aliphatic hydroxyl groups is 1. The van der Waals surface area contributed by atoms with Gasteiger partial charge < -0.3 is 35.1 Å². The number of rotatable bonds is 17. The molecule has 1 saturated heterocycles. The Morgan fingerprint density at radius 3 is 2.30 bits per heavy atom. The molecule has 0 saturated carbocycles. The number of amides is 3. The van der Waals surface area contributed by atoms with Crippen molar-refractivity contribution in [3.8, 4) is 16.9 Å². The molecule has 2 heterocycles. The summed E-state index contributed by atoms with van der Waals surface area (Å²) in [5.74, 6) is 0.0968. The molecule has 0 spiro atoms. The van der Waals surface area contributed by atoms with Crippen LogP contribution in [0.1, 0.15) is 72.2 Å². The number of phenolic OH excluding ortho intramolecular Hbond substituents is 1. The Labute approximate surface area is 373 Å². The number of anilines is 2. The van der Waals surface area contributed by atoms with Gasteiger partial charge in [0.05, 0.1) is 17.3 Å². The van der Waals surface area contributed by atoms with E-state index in [9.17, 15) is 29.4 Å². The first kappa shape index (κ1) is 45.3. The highest BCUT2D eigenvalue weighted by Gasteiger charge is 2.24. The number of pyridine rings is 1. The van der Waals surface area contributed by atoms with Gasteiger partial charge in [-0.2, -0.15) is 0 Å². The summed E-state index contributed by atoms with van der Waals surface area (Å²) in [6.45, 7) is 4.70.